The van der Waals surface area contributed by atoms with E-state index in [1.807, 2.05) is 20.8 Å². The van der Waals surface area contributed by atoms with Gasteiger partial charge in [-0.2, -0.15) is 4.31 Å². The molecule has 1 aliphatic heterocycles. The minimum Gasteiger partial charge on any atom is -0.375 e. The van der Waals surface area contributed by atoms with Crippen LogP contribution in [0.4, 0.5) is 0 Å². The smallest absolute Gasteiger partial charge is 0.243 e. The largest absolute Gasteiger partial charge is 0.375 e. The molecule has 2 fully saturated rings. The van der Waals surface area contributed by atoms with Crippen LogP contribution >= 0.6 is 0 Å². The minimum absolute atomic E-state index is 0.120. The molecule has 0 spiro atoms. The molecule has 1 atom stereocenters. The van der Waals surface area contributed by atoms with Gasteiger partial charge in [0.2, 0.25) is 10.0 Å². The molecular weight excluding hydrogens is 314 g/mol. The highest BCUT2D eigenvalue weighted by atomic mass is 32.2. The summed E-state index contributed by atoms with van der Waals surface area (Å²) in [5, 5.41) is 0. The molecule has 1 aliphatic carbocycles. The Kier molecular flexibility index (Phi) is 4.11. The lowest BCUT2D eigenvalue weighted by molar-refractivity contribution is -0.0551. The molecule has 1 aromatic carbocycles. The van der Waals surface area contributed by atoms with Crippen LogP contribution in [0.25, 0.3) is 0 Å². The number of carbonyl (C=O) groups excluding carboxylic acids is 1. The second kappa shape index (κ2) is 5.69. The molecule has 0 N–H and O–H groups in total. The zero-order chi connectivity index (χ0) is 16.8. The van der Waals surface area contributed by atoms with Crippen molar-refractivity contribution in [3.05, 3.63) is 29.8 Å². The number of benzene rings is 1. The second-order valence-electron chi connectivity index (χ2n) is 7.13. The maximum absolute atomic E-state index is 13.0. The van der Waals surface area contributed by atoms with Crippen molar-refractivity contribution < 1.29 is 17.9 Å². The van der Waals surface area contributed by atoms with E-state index < -0.39 is 15.6 Å². The van der Waals surface area contributed by atoms with E-state index in [9.17, 15) is 13.2 Å². The van der Waals surface area contributed by atoms with E-state index in [2.05, 4.69) is 0 Å². The average Bonchev–Trinajstić information content (AvgIpc) is 3.34. The Morgan fingerprint density at radius 3 is 2.39 bits per heavy atom. The molecule has 3 rings (SSSR count). The van der Waals surface area contributed by atoms with Gasteiger partial charge in [-0.3, -0.25) is 4.79 Å². The highest BCUT2D eigenvalue weighted by molar-refractivity contribution is 7.89. The summed E-state index contributed by atoms with van der Waals surface area (Å²) in [6, 6.07) is 6.34. The molecule has 6 heteroatoms. The summed E-state index contributed by atoms with van der Waals surface area (Å²) in [5.74, 6) is 0.255. The molecule has 1 unspecified atom stereocenters. The van der Waals surface area contributed by atoms with E-state index in [1.54, 1.807) is 24.3 Å². The fraction of sp³-hybridized carbons (Fsp3) is 0.588. The van der Waals surface area contributed by atoms with E-state index in [-0.39, 0.29) is 22.7 Å². The molecule has 126 valence electrons. The van der Waals surface area contributed by atoms with Crippen LogP contribution < -0.4 is 0 Å². The van der Waals surface area contributed by atoms with Crippen molar-refractivity contribution >= 4 is 15.8 Å². The predicted molar refractivity (Wildman–Crippen MR) is 86.9 cm³/mol. The van der Waals surface area contributed by atoms with Crippen molar-refractivity contribution in [3.8, 4) is 0 Å². The van der Waals surface area contributed by atoms with Gasteiger partial charge in [0.15, 0.2) is 5.78 Å². The van der Waals surface area contributed by atoms with Gasteiger partial charge in [0.1, 0.15) is 0 Å². The lowest BCUT2D eigenvalue weighted by atomic mass is 10.1. The van der Waals surface area contributed by atoms with Gasteiger partial charge in [0, 0.05) is 18.0 Å². The zero-order valence-electron chi connectivity index (χ0n) is 13.8. The Bertz CT molecular complexity index is 705. The number of carbonyl (C=O) groups is 1. The monoisotopic (exact) mass is 337 g/mol. The summed E-state index contributed by atoms with van der Waals surface area (Å²) >= 11 is 0. The van der Waals surface area contributed by atoms with Crippen LogP contribution in [0.5, 0.6) is 0 Å². The number of hydrogen-bond donors (Lipinski definition) is 0. The van der Waals surface area contributed by atoms with Gasteiger partial charge >= 0.3 is 0 Å². The second-order valence-corrected chi connectivity index (χ2v) is 9.00. The van der Waals surface area contributed by atoms with Gasteiger partial charge in [-0.1, -0.05) is 12.1 Å². The molecule has 0 bridgehead atoms. The van der Waals surface area contributed by atoms with Crippen LogP contribution in [0.3, 0.4) is 0 Å². The fourth-order valence-electron chi connectivity index (χ4n) is 2.87. The molecule has 0 aromatic heterocycles. The van der Waals surface area contributed by atoms with Gasteiger partial charge in [-0.15, -0.1) is 0 Å². The Morgan fingerprint density at radius 2 is 1.83 bits per heavy atom. The molecule has 0 amide bonds. The van der Waals surface area contributed by atoms with Crippen molar-refractivity contribution in [2.75, 3.05) is 13.2 Å². The lowest BCUT2D eigenvalue weighted by Crippen LogP contribution is -2.57. The summed E-state index contributed by atoms with van der Waals surface area (Å²) in [7, 11) is -3.61. The van der Waals surface area contributed by atoms with Crippen LogP contribution in [0.15, 0.2) is 29.2 Å². The van der Waals surface area contributed by atoms with E-state index in [0.717, 1.165) is 12.8 Å². The number of morpholine rings is 1. The Morgan fingerprint density at radius 1 is 1.22 bits per heavy atom. The molecule has 1 saturated heterocycles. The van der Waals surface area contributed by atoms with Crippen molar-refractivity contribution in [1.82, 2.24) is 4.31 Å². The first-order chi connectivity index (χ1) is 10.7. The number of ketones is 1. The van der Waals surface area contributed by atoms with Crippen molar-refractivity contribution in [2.24, 2.45) is 5.92 Å². The molecule has 5 nitrogen and oxygen atoms in total. The molecule has 1 aromatic rings. The van der Waals surface area contributed by atoms with Gasteiger partial charge in [0.05, 0.1) is 23.1 Å². The first-order valence-electron chi connectivity index (χ1n) is 8.00. The summed E-state index contributed by atoms with van der Waals surface area (Å²) in [5.41, 5.74) is 0.00876. The van der Waals surface area contributed by atoms with Crippen LogP contribution in [0, 0.1) is 5.92 Å². The molecular formula is C17H23NO4S. The zero-order valence-corrected chi connectivity index (χ0v) is 14.6. The van der Waals surface area contributed by atoms with E-state index in [1.165, 1.54) is 4.31 Å². The minimum atomic E-state index is -3.61. The first kappa shape index (κ1) is 16.6. The molecule has 0 radical (unpaired) electrons. The average molecular weight is 337 g/mol. The fourth-order valence-corrected chi connectivity index (χ4v) is 4.72. The topological polar surface area (TPSA) is 63.7 Å². The number of rotatable bonds is 4. The third-order valence-electron chi connectivity index (χ3n) is 4.49. The molecule has 1 saturated carbocycles. The normalized spacial score (nSPS) is 25.3. The van der Waals surface area contributed by atoms with Crippen molar-refractivity contribution in [3.63, 3.8) is 0 Å². The Hall–Kier alpha value is -1.24. The van der Waals surface area contributed by atoms with Crippen LogP contribution in [0.1, 0.15) is 44.0 Å². The number of nitrogens with zero attached hydrogens (tertiary/aromatic N) is 1. The third-order valence-corrected chi connectivity index (χ3v) is 6.59. The van der Waals surface area contributed by atoms with Crippen LogP contribution in [-0.2, 0) is 14.8 Å². The summed E-state index contributed by atoms with van der Waals surface area (Å²) in [6.07, 6.45) is 1.76. The maximum atomic E-state index is 13.0. The standard InChI is InChI=1S/C17H23NO4S/c1-12-10-18(17(2,3)11-22-12)23(20,21)15-8-6-14(7-9-15)16(19)13-4-5-13/h6-9,12-13H,4-5,10-11H2,1-3H3. The summed E-state index contributed by atoms with van der Waals surface area (Å²) < 4.78 is 33.0. The molecule has 2 aliphatic rings. The third kappa shape index (κ3) is 3.20. The van der Waals surface area contributed by atoms with Crippen molar-refractivity contribution in [2.45, 2.75) is 50.2 Å². The van der Waals surface area contributed by atoms with Gasteiger partial charge in [-0.25, -0.2) is 8.42 Å². The van der Waals surface area contributed by atoms with E-state index in [4.69, 9.17) is 4.74 Å². The Labute approximate surface area is 137 Å². The highest BCUT2D eigenvalue weighted by Gasteiger charge is 2.42. The molecule has 23 heavy (non-hydrogen) atoms. The van der Waals surface area contributed by atoms with E-state index in [0.29, 0.717) is 18.7 Å². The maximum Gasteiger partial charge on any atom is 0.243 e. The van der Waals surface area contributed by atoms with Gasteiger partial charge in [-0.05, 0) is 45.7 Å². The van der Waals surface area contributed by atoms with Gasteiger partial charge in [0.25, 0.3) is 0 Å². The van der Waals surface area contributed by atoms with E-state index >= 15 is 0 Å². The summed E-state index contributed by atoms with van der Waals surface area (Å²) in [6.45, 7) is 6.29. The van der Waals surface area contributed by atoms with Crippen LogP contribution in [0.2, 0.25) is 0 Å². The van der Waals surface area contributed by atoms with Crippen molar-refractivity contribution in [1.29, 1.82) is 0 Å². The SMILES string of the molecule is CC1CN(S(=O)(=O)c2ccc(C(=O)C3CC3)cc2)C(C)(C)CO1. The molecule has 1 heterocycles. The first-order valence-corrected chi connectivity index (χ1v) is 9.44. The van der Waals surface area contributed by atoms with Gasteiger partial charge < -0.3 is 4.74 Å². The number of sulfonamides is 1. The number of Topliss-reactive ketones (excluding diaryl/α,β-unsaturated/α-hetero) is 1. The predicted octanol–water partition coefficient (Wildman–Crippen LogP) is 2.47. The lowest BCUT2D eigenvalue weighted by Gasteiger charge is -2.43. The highest BCUT2D eigenvalue weighted by Crippen LogP contribution is 2.33. The number of ether oxygens (including phenoxy) is 1. The Balaban J connectivity index is 1.88. The summed E-state index contributed by atoms with van der Waals surface area (Å²) in [4.78, 5) is 12.3. The number of hydrogen-bond acceptors (Lipinski definition) is 4. The van der Waals surface area contributed by atoms with Crippen LogP contribution in [-0.4, -0.2) is 43.3 Å². The quantitative estimate of drug-likeness (QED) is 0.792.